The number of hydrogen-bond acceptors (Lipinski definition) is 2. The third-order valence-corrected chi connectivity index (χ3v) is 2.63. The largest absolute Gasteiger partial charge is 0.550 e. The minimum atomic E-state index is -0.988. The molecule has 0 N–H and O–H groups in total. The normalized spacial score (nSPS) is 30.2. The van der Waals surface area contributed by atoms with E-state index in [1.165, 1.54) is 5.54 Å². The van der Waals surface area contributed by atoms with Crippen LogP contribution in [0.5, 0.6) is 0 Å². The highest BCUT2D eigenvalue weighted by molar-refractivity contribution is 6.25. The lowest BCUT2D eigenvalue weighted by Gasteiger charge is -2.01. The molecule has 0 amide bonds. The smallest absolute Gasteiger partial charge is 0.0459 e. The Morgan fingerprint density at radius 1 is 1.67 bits per heavy atom. The first-order chi connectivity index (χ1) is 5.51. The van der Waals surface area contributed by atoms with Crippen LogP contribution in [-0.2, 0) is 4.79 Å². The van der Waals surface area contributed by atoms with Crippen LogP contribution in [0.3, 0.4) is 0 Å². The van der Waals surface area contributed by atoms with Crippen LogP contribution in [0.15, 0.2) is 17.3 Å². The summed E-state index contributed by atoms with van der Waals surface area (Å²) in [5.41, 5.74) is 3.72. The molecule has 2 atom stereocenters. The highest BCUT2D eigenvalue weighted by atomic mass is 35.5. The summed E-state index contributed by atoms with van der Waals surface area (Å²) in [6.07, 6.45) is 1.69. The first-order valence-corrected chi connectivity index (χ1v) is 4.17. The SMILES string of the molecule is CC1(C)C(C=C=CCl)C1C(=O)[O-]. The quantitative estimate of drug-likeness (QED) is 0.601. The standard InChI is InChI=1S/C9H11ClO2/c1-9(2)6(4-3-5-10)7(9)8(11)12/h4-7H,1-2H3,(H,11,12)/p-1. The van der Waals surface area contributed by atoms with E-state index in [2.05, 4.69) is 5.73 Å². The second-order valence-corrected chi connectivity index (χ2v) is 3.80. The lowest BCUT2D eigenvalue weighted by molar-refractivity contribution is -0.308. The van der Waals surface area contributed by atoms with Gasteiger partial charge in [0.15, 0.2) is 0 Å². The van der Waals surface area contributed by atoms with Crippen LogP contribution in [0.4, 0.5) is 0 Å². The number of carboxylic acid groups (broad SMARTS) is 1. The molecular formula is C9H10ClO2-. The molecular weight excluding hydrogens is 176 g/mol. The summed E-state index contributed by atoms with van der Waals surface area (Å²) in [5.74, 6) is -1.36. The summed E-state index contributed by atoms with van der Waals surface area (Å²) >= 11 is 5.26. The number of carbonyl (C=O) groups is 1. The molecule has 0 spiro atoms. The molecule has 0 radical (unpaired) electrons. The molecule has 0 heterocycles. The van der Waals surface area contributed by atoms with Crippen LogP contribution in [0.2, 0.25) is 0 Å². The number of halogens is 1. The monoisotopic (exact) mass is 185 g/mol. The van der Waals surface area contributed by atoms with Gasteiger partial charge in [0, 0.05) is 17.4 Å². The van der Waals surface area contributed by atoms with Gasteiger partial charge in [-0.2, -0.15) is 0 Å². The third kappa shape index (κ3) is 1.40. The van der Waals surface area contributed by atoms with Gasteiger partial charge in [-0.05, 0) is 17.4 Å². The fourth-order valence-corrected chi connectivity index (χ4v) is 1.65. The highest BCUT2D eigenvalue weighted by Crippen LogP contribution is 2.58. The van der Waals surface area contributed by atoms with Crippen LogP contribution in [0.25, 0.3) is 0 Å². The van der Waals surface area contributed by atoms with E-state index < -0.39 is 5.97 Å². The molecule has 1 aliphatic carbocycles. The topological polar surface area (TPSA) is 40.1 Å². The molecule has 1 aliphatic rings. The molecule has 0 aromatic heterocycles. The van der Waals surface area contributed by atoms with E-state index >= 15 is 0 Å². The minimum Gasteiger partial charge on any atom is -0.550 e. The van der Waals surface area contributed by atoms with Crippen molar-refractivity contribution in [1.29, 1.82) is 0 Å². The number of allylic oxidation sites excluding steroid dienone is 1. The molecule has 0 aromatic carbocycles. The zero-order chi connectivity index (χ0) is 9.35. The number of carbonyl (C=O) groups excluding carboxylic acids is 1. The summed E-state index contributed by atoms with van der Waals surface area (Å²) < 4.78 is 0. The number of aliphatic carboxylic acids is 1. The number of hydrogen-bond donors (Lipinski definition) is 0. The Morgan fingerprint density at radius 2 is 2.25 bits per heavy atom. The van der Waals surface area contributed by atoms with Crippen LogP contribution in [-0.4, -0.2) is 5.97 Å². The minimum absolute atomic E-state index is 0.0116. The maximum atomic E-state index is 10.5. The van der Waals surface area contributed by atoms with Gasteiger partial charge in [0.05, 0.1) is 0 Å². The molecule has 1 saturated carbocycles. The average molecular weight is 186 g/mol. The van der Waals surface area contributed by atoms with Gasteiger partial charge in [-0.15, -0.1) is 5.73 Å². The Labute approximate surface area is 76.5 Å². The van der Waals surface area contributed by atoms with Crippen molar-refractivity contribution >= 4 is 17.6 Å². The van der Waals surface area contributed by atoms with E-state index in [1.807, 2.05) is 13.8 Å². The third-order valence-electron chi connectivity index (χ3n) is 2.50. The Balaban J connectivity index is 2.73. The fraction of sp³-hybridized carbons (Fsp3) is 0.556. The van der Waals surface area contributed by atoms with Crippen molar-refractivity contribution in [2.24, 2.45) is 17.3 Å². The molecule has 0 saturated heterocycles. The summed E-state index contributed by atoms with van der Waals surface area (Å²) in [4.78, 5) is 10.5. The van der Waals surface area contributed by atoms with Crippen LogP contribution >= 0.6 is 11.6 Å². The van der Waals surface area contributed by atoms with Gasteiger partial charge >= 0.3 is 0 Å². The fourth-order valence-electron chi connectivity index (χ4n) is 1.58. The Bertz CT molecular complexity index is 262. The Hall–Kier alpha value is -0.720. The molecule has 12 heavy (non-hydrogen) atoms. The Morgan fingerprint density at radius 3 is 2.58 bits per heavy atom. The summed E-state index contributed by atoms with van der Waals surface area (Å²) in [6.45, 7) is 3.79. The predicted molar refractivity (Wildman–Crippen MR) is 44.3 cm³/mol. The lowest BCUT2D eigenvalue weighted by Crippen LogP contribution is -2.26. The summed E-state index contributed by atoms with van der Waals surface area (Å²) in [7, 11) is 0. The van der Waals surface area contributed by atoms with E-state index in [0.717, 1.165) is 0 Å². The van der Waals surface area contributed by atoms with Gasteiger partial charge in [0.1, 0.15) is 0 Å². The Kier molecular flexibility index (Phi) is 2.31. The van der Waals surface area contributed by atoms with E-state index in [1.54, 1.807) is 6.08 Å². The van der Waals surface area contributed by atoms with Gasteiger partial charge in [-0.25, -0.2) is 0 Å². The van der Waals surface area contributed by atoms with Crippen molar-refractivity contribution in [3.63, 3.8) is 0 Å². The van der Waals surface area contributed by atoms with Crippen molar-refractivity contribution in [1.82, 2.24) is 0 Å². The van der Waals surface area contributed by atoms with Gasteiger partial charge in [-0.3, -0.25) is 0 Å². The van der Waals surface area contributed by atoms with E-state index in [0.29, 0.717) is 0 Å². The van der Waals surface area contributed by atoms with E-state index in [9.17, 15) is 9.90 Å². The molecule has 1 fully saturated rings. The van der Waals surface area contributed by atoms with Crippen LogP contribution < -0.4 is 5.11 Å². The second kappa shape index (κ2) is 2.96. The van der Waals surface area contributed by atoms with E-state index in [-0.39, 0.29) is 17.3 Å². The molecule has 3 heteroatoms. The molecule has 66 valence electrons. The zero-order valence-corrected chi connectivity index (χ0v) is 7.76. The average Bonchev–Trinajstić information content (AvgIpc) is 2.49. The van der Waals surface area contributed by atoms with Crippen LogP contribution in [0.1, 0.15) is 13.8 Å². The molecule has 1 rings (SSSR count). The molecule has 0 aliphatic heterocycles. The maximum absolute atomic E-state index is 10.5. The second-order valence-electron chi connectivity index (χ2n) is 3.59. The summed E-state index contributed by atoms with van der Waals surface area (Å²) in [6, 6.07) is 0. The summed E-state index contributed by atoms with van der Waals surface area (Å²) in [5, 5.41) is 10.5. The van der Waals surface area contributed by atoms with Crippen molar-refractivity contribution in [2.75, 3.05) is 0 Å². The van der Waals surface area contributed by atoms with E-state index in [4.69, 9.17) is 11.6 Å². The molecule has 2 unspecified atom stereocenters. The number of carboxylic acids is 1. The first kappa shape index (κ1) is 9.37. The lowest BCUT2D eigenvalue weighted by atomic mass is 10.1. The predicted octanol–water partition coefficient (Wildman–Crippen LogP) is 0.916. The van der Waals surface area contributed by atoms with Gasteiger partial charge in [-0.1, -0.05) is 25.4 Å². The van der Waals surface area contributed by atoms with Crippen LogP contribution in [0, 0.1) is 17.3 Å². The van der Waals surface area contributed by atoms with Gasteiger partial charge in [0.2, 0.25) is 0 Å². The zero-order valence-electron chi connectivity index (χ0n) is 7.00. The van der Waals surface area contributed by atoms with Crippen molar-refractivity contribution in [3.8, 4) is 0 Å². The molecule has 0 aromatic rings. The van der Waals surface area contributed by atoms with Crippen molar-refractivity contribution < 1.29 is 9.90 Å². The van der Waals surface area contributed by atoms with Gasteiger partial charge < -0.3 is 9.90 Å². The van der Waals surface area contributed by atoms with Crippen molar-refractivity contribution in [2.45, 2.75) is 13.8 Å². The number of rotatable bonds is 2. The molecule has 0 bridgehead atoms. The maximum Gasteiger partial charge on any atom is 0.0459 e. The van der Waals surface area contributed by atoms with Crippen molar-refractivity contribution in [3.05, 3.63) is 17.3 Å². The highest BCUT2D eigenvalue weighted by Gasteiger charge is 2.56. The van der Waals surface area contributed by atoms with Gasteiger partial charge in [0.25, 0.3) is 0 Å². The first-order valence-electron chi connectivity index (χ1n) is 3.74. The molecule has 2 nitrogen and oxygen atoms in total.